The summed E-state index contributed by atoms with van der Waals surface area (Å²) in [6.45, 7) is 6.40. The lowest BCUT2D eigenvalue weighted by Gasteiger charge is -2.28. The molecular weight excluding hydrogens is 200 g/mol. The Bertz CT molecular complexity index is 234. The van der Waals surface area contributed by atoms with Gasteiger partial charge in [-0.05, 0) is 27.4 Å². The van der Waals surface area contributed by atoms with Gasteiger partial charge in [-0.25, -0.2) is 0 Å². The fraction of sp³-hybridized carbons (Fsp3) is 0.917. The van der Waals surface area contributed by atoms with Gasteiger partial charge in [0.05, 0.1) is 12.5 Å². The molecule has 0 spiro atoms. The minimum absolute atomic E-state index is 0.384. The van der Waals surface area contributed by atoms with Gasteiger partial charge in [0.1, 0.15) is 0 Å². The molecule has 4 heteroatoms. The highest BCUT2D eigenvalue weighted by molar-refractivity contribution is 4.88. The van der Waals surface area contributed by atoms with Crippen LogP contribution >= 0.6 is 0 Å². The van der Waals surface area contributed by atoms with Crippen LogP contribution in [0.2, 0.25) is 0 Å². The summed E-state index contributed by atoms with van der Waals surface area (Å²) >= 11 is 0. The molecule has 92 valence electrons. The first-order valence-corrected chi connectivity index (χ1v) is 6.12. The topological polar surface area (TPSA) is 42.3 Å². The maximum Gasteiger partial charge on any atom is 0.0638 e. The molecule has 1 N–H and O–H groups in total. The summed E-state index contributed by atoms with van der Waals surface area (Å²) in [6.07, 6.45) is 1.81. The first-order chi connectivity index (χ1) is 7.63. The van der Waals surface area contributed by atoms with Crippen LogP contribution in [0.5, 0.6) is 0 Å². The highest BCUT2D eigenvalue weighted by atomic mass is 15.2. The van der Waals surface area contributed by atoms with E-state index in [4.69, 9.17) is 5.26 Å². The van der Waals surface area contributed by atoms with Crippen LogP contribution in [0.15, 0.2) is 0 Å². The quantitative estimate of drug-likeness (QED) is 0.756. The van der Waals surface area contributed by atoms with Crippen molar-refractivity contribution < 1.29 is 0 Å². The molecule has 16 heavy (non-hydrogen) atoms. The van der Waals surface area contributed by atoms with Gasteiger partial charge in [0, 0.05) is 38.3 Å². The average Bonchev–Trinajstić information content (AvgIpc) is 2.40. The maximum atomic E-state index is 8.86. The summed E-state index contributed by atoms with van der Waals surface area (Å²) in [5, 5.41) is 12.3. The van der Waals surface area contributed by atoms with Gasteiger partial charge in [0.15, 0.2) is 0 Å². The summed E-state index contributed by atoms with van der Waals surface area (Å²) in [5.74, 6) is 0. The second-order valence-corrected chi connectivity index (χ2v) is 4.95. The average molecular weight is 224 g/mol. The number of nitrogens with zero attached hydrogens (tertiary/aromatic N) is 3. The van der Waals surface area contributed by atoms with Crippen LogP contribution in [0.1, 0.15) is 19.8 Å². The van der Waals surface area contributed by atoms with Crippen molar-refractivity contribution >= 4 is 0 Å². The van der Waals surface area contributed by atoms with Crippen molar-refractivity contribution in [3.05, 3.63) is 0 Å². The zero-order chi connectivity index (χ0) is 12.0. The van der Waals surface area contributed by atoms with E-state index in [9.17, 15) is 0 Å². The molecule has 0 amide bonds. The van der Waals surface area contributed by atoms with E-state index in [0.717, 1.165) is 26.2 Å². The lowest BCUT2D eigenvalue weighted by atomic mass is 10.2. The van der Waals surface area contributed by atoms with Crippen molar-refractivity contribution in [2.45, 2.75) is 31.8 Å². The standard InChI is InChI=1S/C12H24N4/c1-11-5-7-16(9-8-15(2)3)12(4-6-13)10-14-11/h11-12,14H,4-5,7-10H2,1-3H3. The normalized spacial score (nSPS) is 27.7. The molecule has 1 heterocycles. The Balaban J connectivity index is 2.50. The third kappa shape index (κ3) is 4.48. The van der Waals surface area contributed by atoms with E-state index in [1.54, 1.807) is 0 Å². The minimum Gasteiger partial charge on any atom is -0.313 e. The molecule has 1 fully saturated rings. The van der Waals surface area contributed by atoms with E-state index in [-0.39, 0.29) is 0 Å². The van der Waals surface area contributed by atoms with E-state index >= 15 is 0 Å². The van der Waals surface area contributed by atoms with Crippen molar-refractivity contribution in [1.82, 2.24) is 15.1 Å². The lowest BCUT2D eigenvalue weighted by molar-refractivity contribution is 0.190. The Morgan fingerprint density at radius 1 is 1.50 bits per heavy atom. The predicted octanol–water partition coefficient (Wildman–Crippen LogP) is 0.514. The lowest BCUT2D eigenvalue weighted by Crippen LogP contribution is -2.42. The third-order valence-corrected chi connectivity index (χ3v) is 3.23. The monoisotopic (exact) mass is 224 g/mol. The number of likely N-dealkylation sites (N-methyl/N-ethyl adjacent to an activating group) is 1. The van der Waals surface area contributed by atoms with Crippen molar-refractivity contribution in [3.8, 4) is 6.07 Å². The predicted molar refractivity (Wildman–Crippen MR) is 66.2 cm³/mol. The van der Waals surface area contributed by atoms with E-state index in [0.29, 0.717) is 18.5 Å². The molecule has 1 aliphatic rings. The van der Waals surface area contributed by atoms with Crippen molar-refractivity contribution in [3.63, 3.8) is 0 Å². The summed E-state index contributed by atoms with van der Waals surface area (Å²) in [6, 6.07) is 3.26. The smallest absolute Gasteiger partial charge is 0.0638 e. The Morgan fingerprint density at radius 2 is 2.25 bits per heavy atom. The molecule has 1 aliphatic heterocycles. The van der Waals surface area contributed by atoms with Gasteiger partial charge in [-0.3, -0.25) is 4.90 Å². The van der Waals surface area contributed by atoms with Crippen molar-refractivity contribution in [1.29, 1.82) is 5.26 Å². The Hall–Kier alpha value is -0.630. The van der Waals surface area contributed by atoms with Crippen LogP contribution in [0, 0.1) is 11.3 Å². The van der Waals surface area contributed by atoms with Gasteiger partial charge in [-0.15, -0.1) is 0 Å². The maximum absolute atomic E-state index is 8.86. The molecule has 2 unspecified atom stereocenters. The summed E-state index contributed by atoms with van der Waals surface area (Å²) in [7, 11) is 4.19. The molecule has 1 saturated heterocycles. The number of hydrogen-bond donors (Lipinski definition) is 1. The van der Waals surface area contributed by atoms with Crippen LogP contribution in [-0.2, 0) is 0 Å². The van der Waals surface area contributed by atoms with Gasteiger partial charge in [0.25, 0.3) is 0 Å². The largest absolute Gasteiger partial charge is 0.313 e. The van der Waals surface area contributed by atoms with Crippen LogP contribution < -0.4 is 5.32 Å². The molecule has 0 aromatic rings. The first kappa shape index (κ1) is 13.4. The molecule has 0 aromatic carbocycles. The van der Waals surface area contributed by atoms with Crippen LogP contribution in [-0.4, -0.2) is 62.2 Å². The number of rotatable bonds is 4. The summed E-state index contributed by atoms with van der Waals surface area (Å²) < 4.78 is 0. The van der Waals surface area contributed by atoms with Crippen molar-refractivity contribution in [2.75, 3.05) is 40.3 Å². The third-order valence-electron chi connectivity index (χ3n) is 3.23. The second kappa shape index (κ2) is 6.85. The van der Waals surface area contributed by atoms with E-state index in [2.05, 4.69) is 42.2 Å². The Morgan fingerprint density at radius 3 is 2.88 bits per heavy atom. The van der Waals surface area contributed by atoms with Crippen LogP contribution in [0.3, 0.4) is 0 Å². The molecule has 0 aromatic heterocycles. The van der Waals surface area contributed by atoms with E-state index in [1.165, 1.54) is 6.42 Å². The molecule has 0 radical (unpaired) electrons. The molecule has 1 rings (SSSR count). The van der Waals surface area contributed by atoms with E-state index in [1.807, 2.05) is 0 Å². The number of nitriles is 1. The fourth-order valence-corrected chi connectivity index (χ4v) is 2.04. The summed E-state index contributed by atoms with van der Waals surface area (Å²) in [4.78, 5) is 4.66. The van der Waals surface area contributed by atoms with Gasteiger partial charge in [0.2, 0.25) is 0 Å². The van der Waals surface area contributed by atoms with Gasteiger partial charge in [-0.1, -0.05) is 0 Å². The zero-order valence-corrected chi connectivity index (χ0v) is 10.7. The zero-order valence-electron chi connectivity index (χ0n) is 10.7. The highest BCUT2D eigenvalue weighted by Gasteiger charge is 2.22. The van der Waals surface area contributed by atoms with Gasteiger partial charge in [-0.2, -0.15) is 5.26 Å². The highest BCUT2D eigenvalue weighted by Crippen LogP contribution is 2.10. The molecule has 0 saturated carbocycles. The molecular formula is C12H24N4. The van der Waals surface area contributed by atoms with Crippen LogP contribution in [0.4, 0.5) is 0 Å². The number of hydrogen-bond acceptors (Lipinski definition) is 4. The van der Waals surface area contributed by atoms with E-state index < -0.39 is 0 Å². The minimum atomic E-state index is 0.384. The van der Waals surface area contributed by atoms with Crippen LogP contribution in [0.25, 0.3) is 0 Å². The second-order valence-electron chi connectivity index (χ2n) is 4.95. The Labute approximate surface area is 99.2 Å². The summed E-state index contributed by atoms with van der Waals surface area (Å²) in [5.41, 5.74) is 0. The molecule has 0 bridgehead atoms. The molecule has 2 atom stereocenters. The van der Waals surface area contributed by atoms with Gasteiger partial charge < -0.3 is 10.2 Å². The molecule has 0 aliphatic carbocycles. The fourth-order valence-electron chi connectivity index (χ4n) is 2.04. The SMILES string of the molecule is CC1CCN(CCN(C)C)C(CC#N)CN1. The molecule has 4 nitrogen and oxygen atoms in total. The van der Waals surface area contributed by atoms with Gasteiger partial charge >= 0.3 is 0 Å². The van der Waals surface area contributed by atoms with Crippen molar-refractivity contribution in [2.24, 2.45) is 0 Å². The Kier molecular flexibility index (Phi) is 5.75. The first-order valence-electron chi connectivity index (χ1n) is 6.12. The number of nitrogens with one attached hydrogen (secondary N) is 1.